The standard InChI is InChI=1S/C13H14/c1-2-6-11-8-5-9-12-7-3-4-10-13(11)12/h3-5,7-8,10-11H,2,6H2,1H3. The maximum absolute atomic E-state index is 3.27. The molecule has 0 bridgehead atoms. The molecule has 0 aromatic heterocycles. The molecule has 1 aliphatic rings. The van der Waals surface area contributed by atoms with Crippen molar-refractivity contribution < 1.29 is 0 Å². The van der Waals surface area contributed by atoms with Gasteiger partial charge in [0.1, 0.15) is 0 Å². The third kappa shape index (κ3) is 1.67. The fourth-order valence-corrected chi connectivity index (χ4v) is 1.87. The van der Waals surface area contributed by atoms with Crippen LogP contribution in [-0.2, 0) is 0 Å². The third-order valence-corrected chi connectivity index (χ3v) is 2.53. The minimum Gasteiger partial charge on any atom is -0.0800 e. The van der Waals surface area contributed by atoms with Crippen molar-refractivity contribution in [2.24, 2.45) is 0 Å². The Labute approximate surface area is 80.3 Å². The second-order valence-corrected chi connectivity index (χ2v) is 3.49. The number of allylic oxidation sites excluding steroid dienone is 2. The lowest BCUT2D eigenvalue weighted by Crippen LogP contribution is -2.02. The highest BCUT2D eigenvalue weighted by Gasteiger charge is 2.14. The van der Waals surface area contributed by atoms with Gasteiger partial charge < -0.3 is 0 Å². The lowest BCUT2D eigenvalue weighted by molar-refractivity contribution is 0.709. The Bertz CT molecular complexity index is 310. The molecule has 1 atom stereocenters. The minimum atomic E-state index is 0.613. The number of hydrogen-bond acceptors (Lipinski definition) is 0. The van der Waals surface area contributed by atoms with Crippen LogP contribution in [0.3, 0.4) is 0 Å². The van der Waals surface area contributed by atoms with Gasteiger partial charge in [-0.3, -0.25) is 0 Å². The van der Waals surface area contributed by atoms with E-state index in [1.165, 1.54) is 24.0 Å². The van der Waals surface area contributed by atoms with Crippen molar-refractivity contribution in [1.82, 2.24) is 0 Å². The fraction of sp³-hybridized carbons (Fsp3) is 0.308. The lowest BCUT2D eigenvalue weighted by Gasteiger charge is -2.19. The summed E-state index contributed by atoms with van der Waals surface area (Å²) in [5.74, 6) is 0.613. The third-order valence-electron chi connectivity index (χ3n) is 2.53. The topological polar surface area (TPSA) is 0 Å². The second kappa shape index (κ2) is 3.78. The Morgan fingerprint density at radius 3 is 3.00 bits per heavy atom. The van der Waals surface area contributed by atoms with Gasteiger partial charge in [-0.2, -0.15) is 0 Å². The van der Waals surface area contributed by atoms with E-state index in [1.807, 2.05) is 0 Å². The van der Waals surface area contributed by atoms with Gasteiger partial charge in [0.05, 0.1) is 0 Å². The Kier molecular flexibility index (Phi) is 2.49. The average molecular weight is 170 g/mol. The molecule has 1 aromatic carbocycles. The van der Waals surface area contributed by atoms with Crippen LogP contribution < -0.4 is 0 Å². The molecular weight excluding hydrogens is 156 g/mol. The predicted molar refractivity (Wildman–Crippen MR) is 55.6 cm³/mol. The maximum Gasteiger partial charge on any atom is 0.0423 e. The molecule has 0 aliphatic heterocycles. The first kappa shape index (κ1) is 8.55. The summed E-state index contributed by atoms with van der Waals surface area (Å²) < 4.78 is 0. The smallest absolute Gasteiger partial charge is 0.0423 e. The second-order valence-electron chi connectivity index (χ2n) is 3.49. The Balaban J connectivity index is 2.31. The number of fused-ring (bicyclic) bond motifs is 1. The van der Waals surface area contributed by atoms with Gasteiger partial charge in [0.2, 0.25) is 0 Å². The van der Waals surface area contributed by atoms with Crippen molar-refractivity contribution in [2.75, 3.05) is 0 Å². The van der Waals surface area contributed by atoms with Crippen molar-refractivity contribution in [3.63, 3.8) is 0 Å². The Morgan fingerprint density at radius 1 is 1.31 bits per heavy atom. The molecule has 0 saturated carbocycles. The van der Waals surface area contributed by atoms with E-state index in [9.17, 15) is 0 Å². The average Bonchev–Trinajstić information content (AvgIpc) is 2.19. The van der Waals surface area contributed by atoms with Crippen molar-refractivity contribution in [2.45, 2.75) is 25.7 Å². The largest absolute Gasteiger partial charge is 0.0800 e. The van der Waals surface area contributed by atoms with Crippen molar-refractivity contribution in [3.05, 3.63) is 54.0 Å². The Hall–Kier alpha value is -1.04. The maximum atomic E-state index is 3.27. The van der Waals surface area contributed by atoms with Crippen LogP contribution in [0.5, 0.6) is 0 Å². The number of rotatable bonds is 2. The van der Waals surface area contributed by atoms with E-state index in [0.717, 1.165) is 0 Å². The first-order valence-electron chi connectivity index (χ1n) is 4.94. The molecule has 0 heterocycles. The van der Waals surface area contributed by atoms with Crippen LogP contribution in [-0.4, -0.2) is 0 Å². The SMILES string of the molecule is CCCC1C=C[C]c2ccccc21. The molecule has 2 radical (unpaired) electrons. The van der Waals surface area contributed by atoms with E-state index in [-0.39, 0.29) is 0 Å². The molecule has 66 valence electrons. The van der Waals surface area contributed by atoms with Gasteiger partial charge >= 0.3 is 0 Å². The molecule has 1 aromatic rings. The highest BCUT2D eigenvalue weighted by molar-refractivity contribution is 5.44. The van der Waals surface area contributed by atoms with Gasteiger partial charge in [0, 0.05) is 12.3 Å². The van der Waals surface area contributed by atoms with E-state index in [2.05, 4.69) is 49.8 Å². The van der Waals surface area contributed by atoms with Crippen LogP contribution in [0.2, 0.25) is 0 Å². The predicted octanol–water partition coefficient (Wildman–Crippen LogP) is 3.57. The summed E-state index contributed by atoms with van der Waals surface area (Å²) >= 11 is 0. The zero-order valence-electron chi connectivity index (χ0n) is 7.96. The minimum absolute atomic E-state index is 0.613. The summed E-state index contributed by atoms with van der Waals surface area (Å²) in [6.07, 6.45) is 10.1. The molecule has 0 fully saturated rings. The number of hydrogen-bond donors (Lipinski definition) is 0. The summed E-state index contributed by atoms with van der Waals surface area (Å²) in [6.45, 7) is 2.23. The number of benzene rings is 1. The molecule has 0 amide bonds. The molecule has 1 unspecified atom stereocenters. The van der Waals surface area contributed by atoms with E-state index in [4.69, 9.17) is 0 Å². The van der Waals surface area contributed by atoms with Gasteiger partial charge in [0.15, 0.2) is 0 Å². The van der Waals surface area contributed by atoms with Crippen molar-refractivity contribution >= 4 is 0 Å². The van der Waals surface area contributed by atoms with Gasteiger partial charge in [-0.05, 0) is 17.5 Å². The molecule has 0 heteroatoms. The van der Waals surface area contributed by atoms with Crippen LogP contribution in [0, 0.1) is 6.42 Å². The molecule has 2 rings (SSSR count). The fourth-order valence-electron chi connectivity index (χ4n) is 1.87. The molecule has 0 N–H and O–H groups in total. The van der Waals surface area contributed by atoms with Crippen molar-refractivity contribution in [3.8, 4) is 0 Å². The van der Waals surface area contributed by atoms with E-state index in [1.54, 1.807) is 0 Å². The zero-order chi connectivity index (χ0) is 9.10. The molecule has 0 nitrogen and oxygen atoms in total. The van der Waals surface area contributed by atoms with E-state index >= 15 is 0 Å². The normalized spacial score (nSPS) is 19.9. The Morgan fingerprint density at radius 2 is 2.15 bits per heavy atom. The highest BCUT2D eigenvalue weighted by Crippen LogP contribution is 2.30. The van der Waals surface area contributed by atoms with E-state index < -0.39 is 0 Å². The monoisotopic (exact) mass is 170 g/mol. The van der Waals surface area contributed by atoms with Crippen LogP contribution in [0.15, 0.2) is 36.4 Å². The zero-order valence-corrected chi connectivity index (χ0v) is 7.96. The van der Waals surface area contributed by atoms with Gasteiger partial charge in [-0.25, -0.2) is 0 Å². The van der Waals surface area contributed by atoms with Crippen molar-refractivity contribution in [1.29, 1.82) is 0 Å². The summed E-state index contributed by atoms with van der Waals surface area (Å²) in [6, 6.07) is 8.55. The van der Waals surface area contributed by atoms with Gasteiger partial charge in [0.25, 0.3) is 0 Å². The highest BCUT2D eigenvalue weighted by atomic mass is 14.2. The summed E-state index contributed by atoms with van der Waals surface area (Å²) in [4.78, 5) is 0. The summed E-state index contributed by atoms with van der Waals surface area (Å²) in [5, 5.41) is 0. The van der Waals surface area contributed by atoms with Crippen LogP contribution in [0.25, 0.3) is 0 Å². The van der Waals surface area contributed by atoms with Crippen LogP contribution >= 0.6 is 0 Å². The van der Waals surface area contributed by atoms with Crippen LogP contribution in [0.4, 0.5) is 0 Å². The quantitative estimate of drug-likeness (QED) is 0.636. The van der Waals surface area contributed by atoms with Gasteiger partial charge in [-0.15, -0.1) is 0 Å². The molecule has 13 heavy (non-hydrogen) atoms. The van der Waals surface area contributed by atoms with E-state index in [0.29, 0.717) is 5.92 Å². The summed E-state index contributed by atoms with van der Waals surface area (Å²) in [5.41, 5.74) is 2.70. The first-order valence-corrected chi connectivity index (χ1v) is 4.94. The molecule has 0 spiro atoms. The first-order chi connectivity index (χ1) is 6.42. The molecule has 0 saturated heterocycles. The molecule has 1 aliphatic carbocycles. The van der Waals surface area contributed by atoms with Gasteiger partial charge in [-0.1, -0.05) is 49.8 Å². The van der Waals surface area contributed by atoms with Crippen LogP contribution in [0.1, 0.15) is 36.8 Å². The summed E-state index contributed by atoms with van der Waals surface area (Å²) in [7, 11) is 0. The lowest BCUT2D eigenvalue weighted by atomic mass is 9.85. The molecular formula is C13H14.